The second-order valence-electron chi connectivity index (χ2n) is 3.43. The number of alkyl halides is 1. The van der Waals surface area contributed by atoms with E-state index in [1.807, 2.05) is 18.2 Å². The molecule has 1 nitrogen and oxygen atoms in total. The van der Waals surface area contributed by atoms with E-state index in [0.717, 1.165) is 11.3 Å². The van der Waals surface area contributed by atoms with Crippen molar-refractivity contribution >= 4 is 61.5 Å². The highest BCUT2D eigenvalue weighted by Crippen LogP contribution is 2.38. The molecular weight excluding hydrogens is 434 g/mol. The van der Waals surface area contributed by atoms with Gasteiger partial charge in [0.2, 0.25) is 0 Å². The van der Waals surface area contributed by atoms with E-state index in [4.69, 9.17) is 16.3 Å². The van der Waals surface area contributed by atoms with Gasteiger partial charge < -0.3 is 4.74 Å². The molecule has 1 atom stereocenters. The van der Waals surface area contributed by atoms with Crippen LogP contribution in [0.3, 0.4) is 0 Å². The minimum Gasteiger partial charge on any atom is -0.497 e. The number of halogens is 3. The van der Waals surface area contributed by atoms with Gasteiger partial charge in [-0.1, -0.05) is 33.6 Å². The van der Waals surface area contributed by atoms with E-state index in [0.29, 0.717) is 5.02 Å². The van der Waals surface area contributed by atoms with Gasteiger partial charge in [-0.3, -0.25) is 0 Å². The highest BCUT2D eigenvalue weighted by atomic mass is 127. The van der Waals surface area contributed by atoms with Gasteiger partial charge in [0.25, 0.3) is 0 Å². The summed E-state index contributed by atoms with van der Waals surface area (Å²) < 4.78 is 6.41. The second kappa shape index (κ2) is 5.91. The average molecular weight is 444 g/mol. The summed E-state index contributed by atoms with van der Waals surface area (Å²) in [4.78, 5) is 0.126. The molecule has 17 heavy (non-hydrogen) atoms. The summed E-state index contributed by atoms with van der Waals surface area (Å²) in [7, 11) is 1.64. The number of rotatable bonds is 3. The molecule has 0 aliphatic carbocycles. The molecular formula is C12H9BrClIOS. The third kappa shape index (κ3) is 3.16. The molecule has 1 heterocycles. The van der Waals surface area contributed by atoms with Crippen LogP contribution in [0.2, 0.25) is 5.02 Å². The Labute approximate surface area is 131 Å². The molecule has 5 heteroatoms. The molecule has 0 saturated heterocycles. The van der Waals surface area contributed by atoms with E-state index >= 15 is 0 Å². The molecule has 0 bridgehead atoms. The van der Waals surface area contributed by atoms with Crippen molar-refractivity contribution in [2.45, 2.75) is 4.83 Å². The molecule has 0 saturated carbocycles. The SMILES string of the molecule is COc1ccc(C(Br)c2csc(I)c2)c(Cl)c1. The first-order valence-electron chi connectivity index (χ1n) is 4.83. The quantitative estimate of drug-likeness (QED) is 0.450. The lowest BCUT2D eigenvalue weighted by Crippen LogP contribution is -1.93. The van der Waals surface area contributed by atoms with Crippen LogP contribution < -0.4 is 4.74 Å². The third-order valence-corrected chi connectivity index (χ3v) is 5.52. The lowest BCUT2D eigenvalue weighted by molar-refractivity contribution is 0.414. The van der Waals surface area contributed by atoms with E-state index in [1.165, 1.54) is 8.45 Å². The Morgan fingerprint density at radius 3 is 2.71 bits per heavy atom. The molecule has 90 valence electrons. The molecule has 0 radical (unpaired) electrons. The van der Waals surface area contributed by atoms with Gasteiger partial charge in [-0.05, 0) is 57.3 Å². The van der Waals surface area contributed by atoms with Crippen molar-refractivity contribution < 1.29 is 4.74 Å². The van der Waals surface area contributed by atoms with Gasteiger partial charge in [0.05, 0.1) is 14.8 Å². The van der Waals surface area contributed by atoms with Gasteiger partial charge in [0.1, 0.15) is 5.75 Å². The fraction of sp³-hybridized carbons (Fsp3) is 0.167. The summed E-state index contributed by atoms with van der Waals surface area (Å²) in [5.74, 6) is 0.776. The highest BCUT2D eigenvalue weighted by molar-refractivity contribution is 14.1. The van der Waals surface area contributed by atoms with Gasteiger partial charge in [-0.2, -0.15) is 0 Å². The number of thiophene rings is 1. The summed E-state index contributed by atoms with van der Waals surface area (Å²) in [6, 6.07) is 7.91. The molecule has 1 aromatic carbocycles. The summed E-state index contributed by atoms with van der Waals surface area (Å²) in [6.45, 7) is 0. The van der Waals surface area contributed by atoms with Crippen LogP contribution in [-0.2, 0) is 0 Å². The van der Waals surface area contributed by atoms with Crippen LogP contribution in [0, 0.1) is 2.88 Å². The van der Waals surface area contributed by atoms with Gasteiger partial charge in [-0.25, -0.2) is 0 Å². The number of methoxy groups -OCH3 is 1. The van der Waals surface area contributed by atoms with Crippen LogP contribution in [0.1, 0.15) is 16.0 Å². The van der Waals surface area contributed by atoms with Crippen molar-refractivity contribution in [3.63, 3.8) is 0 Å². The molecule has 0 amide bonds. The zero-order valence-electron chi connectivity index (χ0n) is 8.91. The normalized spacial score (nSPS) is 12.5. The largest absolute Gasteiger partial charge is 0.497 e. The minimum absolute atomic E-state index is 0.126. The van der Waals surface area contributed by atoms with Crippen molar-refractivity contribution in [3.8, 4) is 5.75 Å². The Morgan fingerprint density at radius 2 is 2.18 bits per heavy atom. The third-order valence-electron chi connectivity index (χ3n) is 2.36. The van der Waals surface area contributed by atoms with E-state index < -0.39 is 0 Å². The van der Waals surface area contributed by atoms with Crippen LogP contribution in [0.5, 0.6) is 5.75 Å². The summed E-state index contributed by atoms with van der Waals surface area (Å²) in [6.07, 6.45) is 0. The van der Waals surface area contributed by atoms with Crippen molar-refractivity contribution in [1.82, 2.24) is 0 Å². The van der Waals surface area contributed by atoms with E-state index in [2.05, 4.69) is 50.0 Å². The van der Waals surface area contributed by atoms with Crippen LogP contribution in [0.4, 0.5) is 0 Å². The molecule has 2 rings (SSSR count). The smallest absolute Gasteiger partial charge is 0.120 e. The number of hydrogen-bond acceptors (Lipinski definition) is 2. The zero-order valence-corrected chi connectivity index (χ0v) is 14.2. The van der Waals surface area contributed by atoms with Crippen molar-refractivity contribution in [1.29, 1.82) is 0 Å². The Morgan fingerprint density at radius 1 is 1.41 bits per heavy atom. The Hall–Kier alpha value is 0.220. The van der Waals surface area contributed by atoms with Gasteiger partial charge in [0, 0.05) is 5.02 Å². The minimum atomic E-state index is 0.126. The van der Waals surface area contributed by atoms with Gasteiger partial charge in [-0.15, -0.1) is 11.3 Å². The number of ether oxygens (including phenoxy) is 1. The predicted molar refractivity (Wildman–Crippen MR) is 85.8 cm³/mol. The highest BCUT2D eigenvalue weighted by Gasteiger charge is 2.15. The second-order valence-corrected chi connectivity index (χ2v) is 7.56. The summed E-state index contributed by atoms with van der Waals surface area (Å²) in [5.41, 5.74) is 2.29. The van der Waals surface area contributed by atoms with Crippen LogP contribution >= 0.6 is 61.5 Å². The maximum Gasteiger partial charge on any atom is 0.120 e. The van der Waals surface area contributed by atoms with Gasteiger partial charge >= 0.3 is 0 Å². The first-order valence-corrected chi connectivity index (χ1v) is 8.08. The van der Waals surface area contributed by atoms with Crippen molar-refractivity contribution in [2.24, 2.45) is 0 Å². The summed E-state index contributed by atoms with van der Waals surface area (Å²) in [5, 5.41) is 2.86. The maximum absolute atomic E-state index is 6.25. The molecule has 0 aliphatic heterocycles. The number of hydrogen-bond donors (Lipinski definition) is 0. The monoisotopic (exact) mass is 442 g/mol. The lowest BCUT2D eigenvalue weighted by Gasteiger charge is -2.11. The zero-order chi connectivity index (χ0) is 12.4. The van der Waals surface area contributed by atoms with Crippen LogP contribution in [0.25, 0.3) is 0 Å². The molecule has 2 aromatic rings. The van der Waals surface area contributed by atoms with Gasteiger partial charge in [0.15, 0.2) is 0 Å². The predicted octanol–water partition coefficient (Wildman–Crippen LogP) is 5.50. The lowest BCUT2D eigenvalue weighted by atomic mass is 10.1. The molecule has 0 aliphatic rings. The van der Waals surface area contributed by atoms with Crippen LogP contribution in [0.15, 0.2) is 29.6 Å². The standard InChI is InChI=1S/C12H9BrClIOS/c1-16-8-2-3-9(10(14)5-8)12(13)7-4-11(15)17-6-7/h2-6,12H,1H3. The molecule has 0 fully saturated rings. The van der Waals surface area contributed by atoms with E-state index in [-0.39, 0.29) is 4.83 Å². The Kier molecular flexibility index (Phi) is 4.74. The topological polar surface area (TPSA) is 9.23 Å². The first kappa shape index (κ1) is 13.6. The number of benzene rings is 1. The fourth-order valence-electron chi connectivity index (χ4n) is 1.48. The average Bonchev–Trinajstić information content (AvgIpc) is 2.75. The van der Waals surface area contributed by atoms with E-state index in [9.17, 15) is 0 Å². The van der Waals surface area contributed by atoms with Crippen molar-refractivity contribution in [3.05, 3.63) is 48.7 Å². The Bertz CT molecular complexity index is 529. The maximum atomic E-state index is 6.25. The molecule has 0 spiro atoms. The molecule has 0 N–H and O–H groups in total. The van der Waals surface area contributed by atoms with E-state index in [1.54, 1.807) is 18.4 Å². The first-order chi connectivity index (χ1) is 8.11. The van der Waals surface area contributed by atoms with Crippen molar-refractivity contribution in [2.75, 3.05) is 7.11 Å². The molecule has 1 aromatic heterocycles. The van der Waals surface area contributed by atoms with Crippen LogP contribution in [-0.4, -0.2) is 7.11 Å². The Balaban J connectivity index is 2.34. The fourth-order valence-corrected chi connectivity index (χ4v) is 4.12. The molecule has 1 unspecified atom stereocenters. The summed E-state index contributed by atoms with van der Waals surface area (Å²) >= 11 is 14.0.